The predicted octanol–water partition coefficient (Wildman–Crippen LogP) is 2.55. The van der Waals surface area contributed by atoms with Gasteiger partial charge in [0.25, 0.3) is 5.56 Å². The van der Waals surface area contributed by atoms with Crippen molar-refractivity contribution < 1.29 is 4.42 Å². The van der Waals surface area contributed by atoms with Gasteiger partial charge in [0.1, 0.15) is 0 Å². The smallest absolute Gasteiger partial charge is 0.344 e. The average Bonchev–Trinajstić information content (AvgIpc) is 2.58. The lowest BCUT2D eigenvalue weighted by Crippen LogP contribution is -2.24. The van der Waals surface area contributed by atoms with E-state index in [0.29, 0.717) is 22.7 Å². The lowest BCUT2D eigenvalue weighted by atomic mass is 10.1. The summed E-state index contributed by atoms with van der Waals surface area (Å²) in [6, 6.07) is 16.6. The lowest BCUT2D eigenvalue weighted by Gasteiger charge is -2.07. The van der Waals surface area contributed by atoms with E-state index in [1.165, 1.54) is 10.9 Å². The molecule has 0 fully saturated rings. The molecule has 0 aliphatic carbocycles. The molecule has 2 heterocycles. The average molecular weight is 304 g/mol. The summed E-state index contributed by atoms with van der Waals surface area (Å²) in [5.41, 5.74) is 0.451. The first-order valence-electron chi connectivity index (χ1n) is 7.19. The van der Waals surface area contributed by atoms with Crippen LogP contribution in [0.3, 0.4) is 0 Å². The zero-order chi connectivity index (χ0) is 15.8. The minimum absolute atomic E-state index is 0.211. The predicted molar refractivity (Wildman–Crippen MR) is 87.6 cm³/mol. The highest BCUT2D eigenvalue weighted by Gasteiger charge is 2.12. The molecule has 0 N–H and O–H groups in total. The number of benzene rings is 2. The van der Waals surface area contributed by atoms with E-state index in [2.05, 4.69) is 5.10 Å². The molecular weight excluding hydrogens is 292 g/mol. The van der Waals surface area contributed by atoms with Gasteiger partial charge in [-0.3, -0.25) is 4.79 Å². The van der Waals surface area contributed by atoms with Gasteiger partial charge in [-0.25, -0.2) is 9.48 Å². The Morgan fingerprint density at radius 1 is 0.913 bits per heavy atom. The highest BCUT2D eigenvalue weighted by Crippen LogP contribution is 2.18. The molecule has 0 aliphatic rings. The van der Waals surface area contributed by atoms with Gasteiger partial charge in [-0.2, -0.15) is 5.10 Å². The number of hydrogen-bond donors (Lipinski definition) is 0. The third-order valence-electron chi connectivity index (χ3n) is 3.80. The molecule has 112 valence electrons. The van der Waals surface area contributed by atoms with Gasteiger partial charge in [-0.05, 0) is 11.6 Å². The molecule has 0 bridgehead atoms. The lowest BCUT2D eigenvalue weighted by molar-refractivity contribution is 0.557. The van der Waals surface area contributed by atoms with Crippen LogP contribution in [0.2, 0.25) is 0 Å². The second-order valence-electron chi connectivity index (χ2n) is 5.27. The van der Waals surface area contributed by atoms with E-state index in [9.17, 15) is 9.59 Å². The van der Waals surface area contributed by atoms with Gasteiger partial charge < -0.3 is 4.42 Å². The second-order valence-corrected chi connectivity index (χ2v) is 5.27. The molecular formula is C18H12N2O3. The van der Waals surface area contributed by atoms with E-state index in [1.807, 2.05) is 30.3 Å². The molecule has 2 aromatic carbocycles. The van der Waals surface area contributed by atoms with Gasteiger partial charge in [-0.15, -0.1) is 0 Å². The van der Waals surface area contributed by atoms with E-state index in [1.54, 1.807) is 24.3 Å². The van der Waals surface area contributed by atoms with Gasteiger partial charge in [0, 0.05) is 5.39 Å². The first-order valence-corrected chi connectivity index (χ1v) is 7.19. The van der Waals surface area contributed by atoms with Crippen molar-refractivity contribution in [2.24, 2.45) is 0 Å². The van der Waals surface area contributed by atoms with Crippen molar-refractivity contribution in [2.75, 3.05) is 0 Å². The third-order valence-corrected chi connectivity index (χ3v) is 3.80. The maximum atomic E-state index is 12.8. The molecule has 0 spiro atoms. The van der Waals surface area contributed by atoms with Crippen LogP contribution >= 0.6 is 0 Å². The van der Waals surface area contributed by atoms with Crippen molar-refractivity contribution in [2.45, 2.75) is 6.54 Å². The Morgan fingerprint density at radius 2 is 1.61 bits per heavy atom. The fourth-order valence-corrected chi connectivity index (χ4v) is 2.70. The number of aromatic nitrogens is 2. The van der Waals surface area contributed by atoms with E-state index in [4.69, 9.17) is 4.42 Å². The monoisotopic (exact) mass is 304 g/mol. The van der Waals surface area contributed by atoms with Crippen LogP contribution in [0.4, 0.5) is 0 Å². The van der Waals surface area contributed by atoms with Crippen LogP contribution in [-0.2, 0) is 6.54 Å². The minimum atomic E-state index is -0.463. The molecule has 0 atom stereocenters. The summed E-state index contributed by atoms with van der Waals surface area (Å²) in [5, 5.41) is 5.49. The van der Waals surface area contributed by atoms with Gasteiger partial charge in [0.15, 0.2) is 5.58 Å². The van der Waals surface area contributed by atoms with Gasteiger partial charge >= 0.3 is 5.63 Å². The van der Waals surface area contributed by atoms with Gasteiger partial charge in [-0.1, -0.05) is 48.5 Å². The molecule has 4 aromatic rings. The van der Waals surface area contributed by atoms with E-state index < -0.39 is 5.63 Å². The van der Waals surface area contributed by atoms with Crippen LogP contribution in [0.1, 0.15) is 5.56 Å². The number of nitrogens with zero attached hydrogens (tertiary/aromatic N) is 2. The molecule has 0 saturated carbocycles. The Hall–Kier alpha value is -3.21. The first kappa shape index (κ1) is 13.5. The molecule has 0 aliphatic heterocycles. The zero-order valence-corrected chi connectivity index (χ0v) is 12.1. The van der Waals surface area contributed by atoms with E-state index >= 15 is 0 Å². The van der Waals surface area contributed by atoms with Crippen molar-refractivity contribution >= 4 is 21.7 Å². The Morgan fingerprint density at radius 3 is 2.39 bits per heavy atom. The van der Waals surface area contributed by atoms with Gasteiger partial charge in [0.2, 0.25) is 0 Å². The van der Waals surface area contributed by atoms with Crippen LogP contribution in [0, 0.1) is 0 Å². The summed E-state index contributed by atoms with van der Waals surface area (Å²) < 4.78 is 6.61. The number of fused-ring (bicyclic) bond motifs is 3. The molecule has 0 saturated heterocycles. The van der Waals surface area contributed by atoms with Crippen molar-refractivity contribution in [3.63, 3.8) is 0 Å². The summed E-state index contributed by atoms with van der Waals surface area (Å²) in [5.74, 6) is 0. The zero-order valence-electron chi connectivity index (χ0n) is 12.1. The van der Waals surface area contributed by atoms with Crippen LogP contribution in [-0.4, -0.2) is 9.78 Å². The molecule has 0 amide bonds. The highest BCUT2D eigenvalue weighted by molar-refractivity contribution is 6.03. The summed E-state index contributed by atoms with van der Waals surface area (Å²) in [6.45, 7) is 0.364. The Labute approximate surface area is 130 Å². The SMILES string of the molecule is O=c1oc2cnn(Cc3ccccc3)c(=O)c2c2ccccc12. The van der Waals surface area contributed by atoms with E-state index in [-0.39, 0.29) is 11.1 Å². The Kier molecular flexibility index (Phi) is 3.05. The number of rotatable bonds is 2. The highest BCUT2D eigenvalue weighted by atomic mass is 16.4. The largest absolute Gasteiger partial charge is 0.420 e. The molecule has 2 aromatic heterocycles. The molecule has 5 heteroatoms. The molecule has 4 rings (SSSR count). The second kappa shape index (κ2) is 5.21. The molecule has 23 heavy (non-hydrogen) atoms. The Balaban J connectivity index is 2.01. The van der Waals surface area contributed by atoms with Gasteiger partial charge in [0.05, 0.1) is 23.5 Å². The van der Waals surface area contributed by atoms with Crippen LogP contribution in [0.5, 0.6) is 0 Å². The minimum Gasteiger partial charge on any atom is -0.420 e. The van der Waals surface area contributed by atoms with Crippen molar-refractivity contribution in [3.8, 4) is 0 Å². The summed E-state index contributed by atoms with van der Waals surface area (Å²) >= 11 is 0. The fourth-order valence-electron chi connectivity index (χ4n) is 2.70. The molecule has 5 nitrogen and oxygen atoms in total. The quantitative estimate of drug-likeness (QED) is 0.534. The van der Waals surface area contributed by atoms with Crippen molar-refractivity contribution in [1.82, 2.24) is 9.78 Å². The van der Waals surface area contributed by atoms with Crippen LogP contribution < -0.4 is 11.2 Å². The fraction of sp³-hybridized carbons (Fsp3) is 0.0556. The van der Waals surface area contributed by atoms with Crippen LogP contribution in [0.15, 0.2) is 74.8 Å². The third kappa shape index (κ3) is 2.23. The normalized spacial score (nSPS) is 11.1. The van der Waals surface area contributed by atoms with Crippen molar-refractivity contribution in [1.29, 1.82) is 0 Å². The summed E-state index contributed by atoms with van der Waals surface area (Å²) in [7, 11) is 0. The number of hydrogen-bond acceptors (Lipinski definition) is 4. The topological polar surface area (TPSA) is 65.1 Å². The maximum absolute atomic E-state index is 12.8. The molecule has 0 unspecified atom stereocenters. The standard InChI is InChI=1S/C18H12N2O3/c21-17-16-13-8-4-5-9-14(13)18(22)23-15(16)10-19-20(17)11-12-6-2-1-3-7-12/h1-10H,11H2. The summed E-state index contributed by atoms with van der Waals surface area (Å²) in [6.07, 6.45) is 1.42. The molecule has 0 radical (unpaired) electrons. The summed E-state index contributed by atoms with van der Waals surface area (Å²) in [4.78, 5) is 24.8. The first-order chi connectivity index (χ1) is 11.2. The maximum Gasteiger partial charge on any atom is 0.344 e. The Bertz CT molecular complexity index is 1130. The van der Waals surface area contributed by atoms with E-state index in [0.717, 1.165) is 5.56 Å². The van der Waals surface area contributed by atoms with Crippen LogP contribution in [0.25, 0.3) is 21.7 Å². The van der Waals surface area contributed by atoms with Crippen molar-refractivity contribution in [3.05, 3.63) is 87.1 Å².